The van der Waals surface area contributed by atoms with Crippen LogP contribution in [0, 0.1) is 0 Å². The first kappa shape index (κ1) is 13.7. The van der Waals surface area contributed by atoms with Crippen molar-refractivity contribution in [1.29, 1.82) is 0 Å². The minimum absolute atomic E-state index is 0.00275. The van der Waals surface area contributed by atoms with Gasteiger partial charge in [-0.2, -0.15) is 0 Å². The Morgan fingerprint density at radius 2 is 2.32 bits per heavy atom. The summed E-state index contributed by atoms with van der Waals surface area (Å²) >= 11 is 0. The summed E-state index contributed by atoms with van der Waals surface area (Å²) in [6.07, 6.45) is 4.53. The standard InChI is InChI=1S/C14H19N3O2/c1-3-7-17-13(18)8-12(14(17)19)16-10(2)11-5-4-6-15-9-11/h4-6,9-10,12,16H,3,7-8H2,1-2H3. The van der Waals surface area contributed by atoms with Gasteiger partial charge >= 0.3 is 0 Å². The number of nitrogens with one attached hydrogen (secondary N) is 1. The summed E-state index contributed by atoms with van der Waals surface area (Å²) in [6, 6.07) is 3.40. The highest BCUT2D eigenvalue weighted by atomic mass is 16.2. The number of pyridine rings is 1. The van der Waals surface area contributed by atoms with Crippen molar-refractivity contribution in [1.82, 2.24) is 15.2 Å². The summed E-state index contributed by atoms with van der Waals surface area (Å²) in [5.41, 5.74) is 1.01. The molecule has 1 aromatic rings. The molecule has 5 heteroatoms. The summed E-state index contributed by atoms with van der Waals surface area (Å²) < 4.78 is 0. The molecule has 1 N–H and O–H groups in total. The van der Waals surface area contributed by atoms with E-state index in [0.29, 0.717) is 6.54 Å². The van der Waals surface area contributed by atoms with Crippen molar-refractivity contribution in [2.45, 2.75) is 38.8 Å². The molecule has 0 aromatic carbocycles. The Labute approximate surface area is 113 Å². The van der Waals surface area contributed by atoms with Crippen LogP contribution >= 0.6 is 0 Å². The van der Waals surface area contributed by atoms with E-state index in [1.165, 1.54) is 4.90 Å². The van der Waals surface area contributed by atoms with Crippen LogP contribution in [0.4, 0.5) is 0 Å². The Morgan fingerprint density at radius 1 is 1.53 bits per heavy atom. The number of nitrogens with zero attached hydrogens (tertiary/aromatic N) is 2. The Kier molecular flexibility index (Phi) is 4.27. The van der Waals surface area contributed by atoms with Gasteiger partial charge in [-0.3, -0.25) is 24.8 Å². The van der Waals surface area contributed by atoms with Crippen molar-refractivity contribution in [3.05, 3.63) is 30.1 Å². The van der Waals surface area contributed by atoms with Gasteiger partial charge in [0.15, 0.2) is 0 Å². The molecule has 1 aliphatic heterocycles. The van der Waals surface area contributed by atoms with Gasteiger partial charge in [0, 0.05) is 25.0 Å². The topological polar surface area (TPSA) is 62.3 Å². The van der Waals surface area contributed by atoms with E-state index in [0.717, 1.165) is 12.0 Å². The maximum Gasteiger partial charge on any atom is 0.246 e. The maximum atomic E-state index is 12.1. The van der Waals surface area contributed by atoms with E-state index >= 15 is 0 Å². The zero-order valence-electron chi connectivity index (χ0n) is 11.3. The third-order valence-electron chi connectivity index (χ3n) is 3.33. The summed E-state index contributed by atoms with van der Waals surface area (Å²) in [7, 11) is 0. The molecule has 2 atom stereocenters. The Balaban J connectivity index is 2.01. The number of imide groups is 1. The van der Waals surface area contributed by atoms with Gasteiger partial charge in [0.05, 0.1) is 12.5 Å². The Hall–Kier alpha value is -1.75. The van der Waals surface area contributed by atoms with E-state index in [1.54, 1.807) is 12.4 Å². The highest BCUT2D eigenvalue weighted by Crippen LogP contribution is 2.18. The first-order chi connectivity index (χ1) is 9.13. The Morgan fingerprint density at radius 3 is 2.95 bits per heavy atom. The number of rotatable bonds is 5. The largest absolute Gasteiger partial charge is 0.299 e. The van der Waals surface area contributed by atoms with E-state index in [1.807, 2.05) is 26.0 Å². The smallest absolute Gasteiger partial charge is 0.246 e. The van der Waals surface area contributed by atoms with E-state index in [9.17, 15) is 9.59 Å². The third kappa shape index (κ3) is 2.98. The van der Waals surface area contributed by atoms with Gasteiger partial charge in [0.1, 0.15) is 0 Å². The summed E-state index contributed by atoms with van der Waals surface area (Å²) in [5.74, 6) is -0.190. The fourth-order valence-corrected chi connectivity index (χ4v) is 2.30. The SMILES string of the molecule is CCCN1C(=O)CC(NC(C)c2cccnc2)C1=O. The average molecular weight is 261 g/mol. The maximum absolute atomic E-state index is 12.1. The van der Waals surface area contributed by atoms with E-state index in [2.05, 4.69) is 10.3 Å². The van der Waals surface area contributed by atoms with Gasteiger partial charge in [0.25, 0.3) is 0 Å². The predicted octanol–water partition coefficient (Wildman–Crippen LogP) is 1.27. The third-order valence-corrected chi connectivity index (χ3v) is 3.33. The van der Waals surface area contributed by atoms with Crippen molar-refractivity contribution < 1.29 is 9.59 Å². The van der Waals surface area contributed by atoms with Gasteiger partial charge in [-0.25, -0.2) is 0 Å². The molecule has 102 valence electrons. The lowest BCUT2D eigenvalue weighted by Gasteiger charge is -2.18. The first-order valence-corrected chi connectivity index (χ1v) is 6.63. The second-order valence-corrected chi connectivity index (χ2v) is 4.82. The highest BCUT2D eigenvalue weighted by Gasteiger charge is 2.38. The first-order valence-electron chi connectivity index (χ1n) is 6.63. The highest BCUT2D eigenvalue weighted by molar-refractivity contribution is 6.05. The van der Waals surface area contributed by atoms with E-state index in [-0.39, 0.29) is 24.3 Å². The molecular formula is C14H19N3O2. The number of amides is 2. The molecule has 0 saturated carbocycles. The van der Waals surface area contributed by atoms with Crippen molar-refractivity contribution in [3.8, 4) is 0 Å². The molecular weight excluding hydrogens is 242 g/mol. The molecule has 1 aliphatic rings. The molecule has 0 bridgehead atoms. The second-order valence-electron chi connectivity index (χ2n) is 4.82. The number of hydrogen-bond donors (Lipinski definition) is 1. The van der Waals surface area contributed by atoms with Crippen LogP contribution in [0.1, 0.15) is 38.3 Å². The normalized spacial score (nSPS) is 20.9. The predicted molar refractivity (Wildman–Crippen MR) is 71.2 cm³/mol. The Bertz CT molecular complexity index is 461. The van der Waals surface area contributed by atoms with Gasteiger partial charge in [-0.1, -0.05) is 13.0 Å². The number of hydrogen-bond acceptors (Lipinski definition) is 4. The minimum atomic E-state index is -0.408. The fraction of sp³-hybridized carbons (Fsp3) is 0.500. The number of carbonyl (C=O) groups excluding carboxylic acids is 2. The van der Waals surface area contributed by atoms with E-state index < -0.39 is 6.04 Å². The van der Waals surface area contributed by atoms with Gasteiger partial charge in [-0.15, -0.1) is 0 Å². The number of carbonyl (C=O) groups is 2. The lowest BCUT2D eigenvalue weighted by atomic mass is 10.1. The molecule has 2 amide bonds. The molecule has 0 spiro atoms. The van der Waals surface area contributed by atoms with Gasteiger partial charge < -0.3 is 0 Å². The quantitative estimate of drug-likeness (QED) is 0.811. The number of aromatic nitrogens is 1. The number of likely N-dealkylation sites (tertiary alicyclic amines) is 1. The summed E-state index contributed by atoms with van der Waals surface area (Å²) in [4.78, 5) is 29.3. The van der Waals surface area contributed by atoms with Crippen molar-refractivity contribution in [3.63, 3.8) is 0 Å². The van der Waals surface area contributed by atoms with Crippen LogP contribution in [-0.2, 0) is 9.59 Å². The minimum Gasteiger partial charge on any atom is -0.299 e. The van der Waals surface area contributed by atoms with Crippen LogP contribution in [-0.4, -0.2) is 34.3 Å². The second kappa shape index (κ2) is 5.93. The zero-order chi connectivity index (χ0) is 13.8. The summed E-state index contributed by atoms with van der Waals surface area (Å²) in [5, 5.41) is 3.21. The monoisotopic (exact) mass is 261 g/mol. The lowest BCUT2D eigenvalue weighted by molar-refractivity contribution is -0.138. The van der Waals surface area contributed by atoms with Crippen LogP contribution in [0.3, 0.4) is 0 Å². The molecule has 0 radical (unpaired) electrons. The molecule has 1 saturated heterocycles. The van der Waals surface area contributed by atoms with Crippen LogP contribution in [0.25, 0.3) is 0 Å². The van der Waals surface area contributed by atoms with Crippen LogP contribution in [0.5, 0.6) is 0 Å². The zero-order valence-corrected chi connectivity index (χ0v) is 11.3. The van der Waals surface area contributed by atoms with E-state index in [4.69, 9.17) is 0 Å². The molecule has 0 aliphatic carbocycles. The van der Waals surface area contributed by atoms with Crippen LogP contribution < -0.4 is 5.32 Å². The van der Waals surface area contributed by atoms with Crippen molar-refractivity contribution in [2.75, 3.05) is 6.54 Å². The molecule has 2 unspecified atom stereocenters. The average Bonchev–Trinajstić information content (AvgIpc) is 2.68. The fourth-order valence-electron chi connectivity index (χ4n) is 2.30. The molecule has 1 aromatic heterocycles. The lowest BCUT2D eigenvalue weighted by Crippen LogP contribution is -2.40. The van der Waals surface area contributed by atoms with Crippen molar-refractivity contribution in [2.24, 2.45) is 0 Å². The van der Waals surface area contributed by atoms with Gasteiger partial charge in [-0.05, 0) is 25.0 Å². The molecule has 2 heterocycles. The molecule has 5 nitrogen and oxygen atoms in total. The molecule has 1 fully saturated rings. The van der Waals surface area contributed by atoms with Gasteiger partial charge in [0.2, 0.25) is 11.8 Å². The molecule has 19 heavy (non-hydrogen) atoms. The molecule has 2 rings (SSSR count). The van der Waals surface area contributed by atoms with Crippen molar-refractivity contribution >= 4 is 11.8 Å². The summed E-state index contributed by atoms with van der Waals surface area (Å²) in [6.45, 7) is 4.44. The van der Waals surface area contributed by atoms with Crippen LogP contribution in [0.15, 0.2) is 24.5 Å². The van der Waals surface area contributed by atoms with Crippen LogP contribution in [0.2, 0.25) is 0 Å².